The molecule has 0 saturated carbocycles. The Kier molecular flexibility index (Phi) is 34.9. The molecule has 0 N–H and O–H groups in total. The molecule has 5 rings (SSSR count). The van der Waals surface area contributed by atoms with Crippen molar-refractivity contribution in [2.45, 2.75) is 0 Å². The second-order valence-corrected chi connectivity index (χ2v) is 14.6. The van der Waals surface area contributed by atoms with E-state index in [9.17, 15) is 71.8 Å². The maximum atomic E-state index is 10.1. The third-order valence-corrected chi connectivity index (χ3v) is 6.97. The summed E-state index contributed by atoms with van der Waals surface area (Å²) in [6.45, 7) is 0. The molecule has 300 valence electrons. The summed E-state index contributed by atoms with van der Waals surface area (Å²) in [5, 5.41) is 0. The molecule has 0 radical (unpaired) electrons. The van der Waals surface area contributed by atoms with Gasteiger partial charge in [0.2, 0.25) is 0 Å². The van der Waals surface area contributed by atoms with Crippen LogP contribution in [0.25, 0.3) is 0 Å². The van der Waals surface area contributed by atoms with Crippen LogP contribution in [0.3, 0.4) is 0 Å². The third kappa shape index (κ3) is 41.6. The first-order valence-corrected chi connectivity index (χ1v) is 21.5. The number of phosphoric ester groups is 5. The molecule has 0 spiro atoms. The smallest absolute Gasteiger partial charge is 0.780 e. The summed E-state index contributed by atoms with van der Waals surface area (Å²) < 4.78 is 70.5. The van der Waals surface area contributed by atoms with Gasteiger partial charge in [-0.15, -0.1) is 0 Å². The van der Waals surface area contributed by atoms with Crippen molar-refractivity contribution >= 4 is 120 Å². The monoisotopic (exact) mass is 962 g/mol. The van der Waals surface area contributed by atoms with Crippen LogP contribution in [-0.2, 0) is 22.8 Å². The van der Waals surface area contributed by atoms with E-state index in [1.165, 1.54) is 60.7 Å². The molecule has 29 heteroatoms. The summed E-state index contributed by atoms with van der Waals surface area (Å²) in [5.41, 5.74) is 0. The summed E-state index contributed by atoms with van der Waals surface area (Å²) in [5.74, 6) is 0.212. The van der Waals surface area contributed by atoms with E-state index in [1.807, 2.05) is 0 Å². The molecule has 5 aromatic carbocycles. The van der Waals surface area contributed by atoms with E-state index in [2.05, 4.69) is 22.6 Å². The van der Waals surface area contributed by atoms with Crippen LogP contribution in [0, 0.1) is 0 Å². The molecule has 5 aromatic rings. The second-order valence-electron chi connectivity index (χ2n) is 9.26. The van der Waals surface area contributed by atoms with Crippen molar-refractivity contribution in [1.29, 1.82) is 0 Å². The normalized spacial score (nSPS) is 10.3. The Morgan fingerprint density at radius 1 is 0.254 bits per heavy atom. The standard InChI is InChI=1S/5C6H7O4P.2Al.2Mg/c5*7-11(8,9)10-6-4-2-1-3-5-6;;;;/h5*1-5H,(H2,7,8,9);;;;/q;;;;;2*+3;2*+2/p-10. The predicted molar refractivity (Wildman–Crippen MR) is 196 cm³/mol. The molecule has 0 amide bonds. The van der Waals surface area contributed by atoms with E-state index < -0.39 is 39.1 Å². The zero-order chi connectivity index (χ0) is 41.6. The fraction of sp³-hybridized carbons (Fsp3) is 0. The van der Waals surface area contributed by atoms with E-state index in [-0.39, 0.29) is 110 Å². The second kappa shape index (κ2) is 32.2. The molecule has 0 aliphatic carbocycles. The van der Waals surface area contributed by atoms with Gasteiger partial charge in [-0.1, -0.05) is 91.0 Å². The number of hydrogen-bond acceptors (Lipinski definition) is 20. The van der Waals surface area contributed by atoms with Crippen molar-refractivity contribution in [1.82, 2.24) is 0 Å². The van der Waals surface area contributed by atoms with Gasteiger partial charge in [0.05, 0.1) is 0 Å². The number of para-hydroxylation sites is 5. The summed E-state index contributed by atoms with van der Waals surface area (Å²) >= 11 is 0. The van der Waals surface area contributed by atoms with Gasteiger partial charge >= 0.3 is 80.8 Å². The van der Waals surface area contributed by atoms with Gasteiger partial charge in [0.15, 0.2) is 0 Å². The zero-order valence-corrected chi connectivity index (χ0v) is 39.5. The summed E-state index contributed by atoms with van der Waals surface area (Å²) in [7, 11) is -24.4. The molecule has 0 aliphatic rings. The molecule has 0 fully saturated rings. The first-order valence-electron chi connectivity index (χ1n) is 14.2. The molecular formula is C30H25Al2Mg2O20P5. The van der Waals surface area contributed by atoms with Crippen molar-refractivity contribution in [3.05, 3.63) is 152 Å². The van der Waals surface area contributed by atoms with Gasteiger partial charge in [0.25, 0.3) is 0 Å². The van der Waals surface area contributed by atoms with Gasteiger partial charge in [0, 0.05) is 0 Å². The van der Waals surface area contributed by atoms with Crippen LogP contribution in [0.4, 0.5) is 0 Å². The minimum atomic E-state index is -4.89. The zero-order valence-electron chi connectivity index (χ0n) is 29.9. The van der Waals surface area contributed by atoms with Crippen LogP contribution in [0.5, 0.6) is 28.7 Å². The first kappa shape index (κ1) is 64.1. The van der Waals surface area contributed by atoms with Gasteiger partial charge in [0.1, 0.15) is 67.9 Å². The van der Waals surface area contributed by atoms with Crippen LogP contribution >= 0.6 is 39.1 Å². The largest absolute Gasteiger partial charge is 3.00 e. The molecule has 0 saturated heterocycles. The maximum Gasteiger partial charge on any atom is 3.00 e. The molecule has 0 bridgehead atoms. The molecule has 0 aromatic heterocycles. The Morgan fingerprint density at radius 2 is 0.356 bits per heavy atom. The summed E-state index contributed by atoms with van der Waals surface area (Å²) in [4.78, 5) is 101. The van der Waals surface area contributed by atoms with Crippen molar-refractivity contribution in [2.24, 2.45) is 0 Å². The molecule has 0 heterocycles. The number of rotatable bonds is 10. The Bertz CT molecular complexity index is 1700. The van der Waals surface area contributed by atoms with E-state index in [0.29, 0.717) is 0 Å². The fourth-order valence-electron chi connectivity index (χ4n) is 3.05. The van der Waals surface area contributed by atoms with E-state index >= 15 is 0 Å². The van der Waals surface area contributed by atoms with E-state index in [4.69, 9.17) is 0 Å². The van der Waals surface area contributed by atoms with Crippen LogP contribution in [0.1, 0.15) is 0 Å². The molecule has 0 unspecified atom stereocenters. The Morgan fingerprint density at radius 3 is 0.441 bits per heavy atom. The van der Waals surface area contributed by atoms with Crippen LogP contribution in [-0.4, -0.2) is 80.8 Å². The van der Waals surface area contributed by atoms with Crippen LogP contribution in [0.2, 0.25) is 0 Å². The van der Waals surface area contributed by atoms with Gasteiger partial charge in [-0.05, 0) is 60.7 Å². The van der Waals surface area contributed by atoms with Crippen molar-refractivity contribution < 1.29 is 94.4 Å². The number of hydrogen-bond donors (Lipinski definition) is 0. The van der Waals surface area contributed by atoms with Gasteiger partial charge in [-0.25, -0.2) is 0 Å². The molecule has 0 atom stereocenters. The average Bonchev–Trinajstić information content (AvgIpc) is 3.05. The third-order valence-electron chi connectivity index (χ3n) is 4.80. The summed E-state index contributed by atoms with van der Waals surface area (Å²) in [6, 6.07) is 38.1. The first-order chi connectivity index (χ1) is 25.4. The minimum absolute atomic E-state index is 0. The molecular weight excluding hydrogens is 938 g/mol. The van der Waals surface area contributed by atoms with Crippen molar-refractivity contribution in [2.75, 3.05) is 0 Å². The van der Waals surface area contributed by atoms with Crippen LogP contribution in [0.15, 0.2) is 152 Å². The molecule has 0 aliphatic heterocycles. The number of phosphoric acid groups is 5. The van der Waals surface area contributed by atoms with Crippen LogP contribution < -0.4 is 71.6 Å². The maximum absolute atomic E-state index is 10.1. The Labute approximate surface area is 391 Å². The number of benzene rings is 5. The predicted octanol–water partition coefficient (Wildman–Crippen LogP) is -2.05. The molecule has 20 nitrogen and oxygen atoms in total. The SMILES string of the molecule is O=P([O-])([O-])Oc1ccccc1.O=P([O-])([O-])Oc1ccccc1.O=P([O-])([O-])Oc1ccccc1.O=P([O-])([O-])Oc1ccccc1.O=P([O-])([O-])Oc1ccccc1.[Al+3].[Al+3].[Mg+2].[Mg+2]. The Hall–Kier alpha value is -1.55. The van der Waals surface area contributed by atoms with Gasteiger partial charge in [-0.2, -0.15) is 0 Å². The summed E-state index contributed by atoms with van der Waals surface area (Å²) in [6.07, 6.45) is 0. The fourth-order valence-corrected chi connectivity index (χ4v) is 4.95. The topological polar surface area (TPSA) is 362 Å². The Balaban J connectivity index is -0.000000315. The van der Waals surface area contributed by atoms with Gasteiger partial charge < -0.3 is 94.4 Å². The quantitative estimate of drug-likeness (QED) is 0.107. The van der Waals surface area contributed by atoms with Gasteiger partial charge in [-0.3, -0.25) is 0 Å². The average molecular weight is 963 g/mol. The van der Waals surface area contributed by atoms with Crippen molar-refractivity contribution in [3.8, 4) is 28.7 Å². The molecule has 59 heavy (non-hydrogen) atoms. The van der Waals surface area contributed by atoms with E-state index in [1.54, 1.807) is 91.0 Å². The van der Waals surface area contributed by atoms with Crippen molar-refractivity contribution in [3.63, 3.8) is 0 Å². The minimum Gasteiger partial charge on any atom is -0.780 e. The van der Waals surface area contributed by atoms with E-state index in [0.717, 1.165) is 0 Å².